The molecule has 1 amide bonds. The number of hydrogen-bond donors (Lipinski definition) is 2. The largest absolute Gasteiger partial charge is 0.332 e. The van der Waals surface area contributed by atoms with Gasteiger partial charge in [0.2, 0.25) is 0 Å². The molecule has 118 valence electrons. The molecule has 0 radical (unpaired) electrons. The fourth-order valence-electron chi connectivity index (χ4n) is 1.72. The molecule has 0 fully saturated rings. The summed E-state index contributed by atoms with van der Waals surface area (Å²) >= 11 is 16.7. The van der Waals surface area contributed by atoms with Crippen LogP contribution in [0.15, 0.2) is 42.5 Å². The van der Waals surface area contributed by atoms with Gasteiger partial charge in [-0.1, -0.05) is 29.3 Å². The Morgan fingerprint density at radius 3 is 2.39 bits per heavy atom. The molecule has 0 aromatic heterocycles. The molecule has 23 heavy (non-hydrogen) atoms. The van der Waals surface area contributed by atoms with Crippen molar-refractivity contribution >= 4 is 57.8 Å². The van der Waals surface area contributed by atoms with Gasteiger partial charge in [-0.3, -0.25) is 20.2 Å². The van der Waals surface area contributed by atoms with Crippen molar-refractivity contribution < 1.29 is 9.72 Å². The highest BCUT2D eigenvalue weighted by atomic mass is 35.5. The topological polar surface area (TPSA) is 84.3 Å². The molecule has 0 aliphatic heterocycles. The van der Waals surface area contributed by atoms with E-state index in [1.807, 2.05) is 0 Å². The van der Waals surface area contributed by atoms with Crippen molar-refractivity contribution in [1.82, 2.24) is 5.32 Å². The molecule has 9 heteroatoms. The van der Waals surface area contributed by atoms with E-state index in [1.165, 1.54) is 18.2 Å². The molecule has 6 nitrogen and oxygen atoms in total. The predicted molar refractivity (Wildman–Crippen MR) is 93.2 cm³/mol. The lowest BCUT2D eigenvalue weighted by Gasteiger charge is -2.10. The Kier molecular flexibility index (Phi) is 5.49. The van der Waals surface area contributed by atoms with E-state index in [4.69, 9.17) is 35.4 Å². The Bertz CT molecular complexity index is 778. The minimum atomic E-state index is -0.582. The number of rotatable bonds is 3. The van der Waals surface area contributed by atoms with E-state index < -0.39 is 10.8 Å². The van der Waals surface area contributed by atoms with Crippen molar-refractivity contribution in [1.29, 1.82) is 0 Å². The predicted octanol–water partition coefficient (Wildman–Crippen LogP) is 4.03. The number of nitrogens with one attached hydrogen (secondary N) is 2. The van der Waals surface area contributed by atoms with E-state index in [1.54, 1.807) is 18.2 Å². The van der Waals surface area contributed by atoms with Gasteiger partial charge in [0.1, 0.15) is 0 Å². The summed E-state index contributed by atoms with van der Waals surface area (Å²) in [6.45, 7) is 0. The minimum Gasteiger partial charge on any atom is -0.332 e. The zero-order chi connectivity index (χ0) is 17.0. The highest BCUT2D eigenvalue weighted by Gasteiger charge is 2.12. The van der Waals surface area contributed by atoms with Crippen molar-refractivity contribution in [2.75, 3.05) is 5.32 Å². The standard InChI is InChI=1S/C14H9Cl2N3O3S/c15-9-5-10(16)7-11(6-9)17-14(23)18-13(20)8-2-1-3-12(4-8)19(21)22/h1-7H,(H2,17,18,20,23). The summed E-state index contributed by atoms with van der Waals surface area (Å²) in [6.07, 6.45) is 0. The number of halogens is 2. The molecule has 0 spiro atoms. The van der Waals surface area contributed by atoms with Crippen LogP contribution in [0.1, 0.15) is 10.4 Å². The summed E-state index contributed by atoms with van der Waals surface area (Å²) in [5.74, 6) is -0.570. The van der Waals surface area contributed by atoms with Crippen LogP contribution in [0.3, 0.4) is 0 Å². The first-order valence-corrected chi connectivity index (χ1v) is 7.34. The van der Waals surface area contributed by atoms with Crippen LogP contribution in [-0.4, -0.2) is 15.9 Å². The van der Waals surface area contributed by atoms with Crippen LogP contribution < -0.4 is 10.6 Å². The van der Waals surface area contributed by atoms with Gasteiger partial charge in [-0.2, -0.15) is 0 Å². The zero-order valence-electron chi connectivity index (χ0n) is 11.4. The van der Waals surface area contributed by atoms with E-state index in [9.17, 15) is 14.9 Å². The molecule has 0 aliphatic carbocycles. The van der Waals surface area contributed by atoms with Gasteiger partial charge >= 0.3 is 0 Å². The van der Waals surface area contributed by atoms with E-state index in [0.29, 0.717) is 15.7 Å². The third kappa shape index (κ3) is 4.88. The molecular weight excluding hydrogens is 361 g/mol. The molecule has 0 unspecified atom stereocenters. The average Bonchev–Trinajstić information content (AvgIpc) is 2.46. The number of nitrogens with zero attached hydrogens (tertiary/aromatic N) is 1. The minimum absolute atomic E-state index is 0.0137. The summed E-state index contributed by atoms with van der Waals surface area (Å²) < 4.78 is 0. The second-order valence-electron chi connectivity index (χ2n) is 4.37. The van der Waals surface area contributed by atoms with Crippen LogP contribution in [0.5, 0.6) is 0 Å². The quantitative estimate of drug-likeness (QED) is 0.484. The first kappa shape index (κ1) is 17.1. The fraction of sp³-hybridized carbons (Fsp3) is 0. The molecule has 2 N–H and O–H groups in total. The van der Waals surface area contributed by atoms with Crippen molar-refractivity contribution in [2.45, 2.75) is 0 Å². The first-order chi connectivity index (χ1) is 10.8. The number of non-ortho nitro benzene ring substituents is 1. The summed E-state index contributed by atoms with van der Waals surface area (Å²) in [4.78, 5) is 22.2. The highest BCUT2D eigenvalue weighted by molar-refractivity contribution is 7.80. The molecule has 0 aliphatic rings. The second kappa shape index (κ2) is 7.36. The van der Waals surface area contributed by atoms with Gasteiger partial charge in [0.25, 0.3) is 11.6 Å². The lowest BCUT2D eigenvalue weighted by molar-refractivity contribution is -0.384. The zero-order valence-corrected chi connectivity index (χ0v) is 13.7. The van der Waals surface area contributed by atoms with E-state index in [-0.39, 0.29) is 16.4 Å². The van der Waals surface area contributed by atoms with E-state index >= 15 is 0 Å². The Morgan fingerprint density at radius 1 is 1.13 bits per heavy atom. The maximum atomic E-state index is 12.0. The number of benzene rings is 2. The number of carbonyl (C=O) groups is 1. The number of nitro benzene ring substituents is 1. The number of amides is 1. The van der Waals surface area contributed by atoms with Crippen molar-refractivity contribution in [3.8, 4) is 0 Å². The highest BCUT2D eigenvalue weighted by Crippen LogP contribution is 2.22. The van der Waals surface area contributed by atoms with Crippen LogP contribution in [0.4, 0.5) is 11.4 Å². The van der Waals surface area contributed by atoms with Crippen LogP contribution in [-0.2, 0) is 0 Å². The van der Waals surface area contributed by atoms with E-state index in [2.05, 4.69) is 10.6 Å². The molecule has 0 saturated heterocycles. The van der Waals surface area contributed by atoms with Gasteiger partial charge in [-0.15, -0.1) is 0 Å². The van der Waals surface area contributed by atoms with Gasteiger partial charge < -0.3 is 5.32 Å². The Morgan fingerprint density at radius 2 is 1.78 bits per heavy atom. The number of thiocarbonyl (C=S) groups is 1. The molecule has 0 bridgehead atoms. The molecule has 0 saturated carbocycles. The third-order valence-electron chi connectivity index (χ3n) is 2.67. The Balaban J connectivity index is 2.06. The van der Waals surface area contributed by atoms with Gasteiger partial charge in [0.05, 0.1) is 4.92 Å². The number of carbonyl (C=O) groups excluding carboxylic acids is 1. The normalized spacial score (nSPS) is 10.0. The maximum absolute atomic E-state index is 12.0. The van der Waals surface area contributed by atoms with Gasteiger partial charge in [-0.25, -0.2) is 0 Å². The van der Waals surface area contributed by atoms with E-state index in [0.717, 1.165) is 6.07 Å². The number of hydrogen-bond acceptors (Lipinski definition) is 4. The Hall–Kier alpha value is -2.22. The van der Waals surface area contributed by atoms with Gasteiger partial charge in [-0.05, 0) is 36.5 Å². The SMILES string of the molecule is O=C(NC(=S)Nc1cc(Cl)cc(Cl)c1)c1cccc([N+](=O)[O-])c1. The summed E-state index contributed by atoms with van der Waals surface area (Å²) in [5, 5.41) is 16.7. The molecule has 2 rings (SSSR count). The van der Waals surface area contributed by atoms with Gasteiger partial charge in [0.15, 0.2) is 5.11 Å². The monoisotopic (exact) mass is 369 g/mol. The maximum Gasteiger partial charge on any atom is 0.270 e. The van der Waals surface area contributed by atoms with Crippen molar-refractivity contribution in [2.24, 2.45) is 0 Å². The summed E-state index contributed by atoms with van der Waals surface area (Å²) in [7, 11) is 0. The molecular formula is C14H9Cl2N3O3S. The molecule has 2 aromatic carbocycles. The van der Waals surface area contributed by atoms with Crippen LogP contribution >= 0.6 is 35.4 Å². The fourth-order valence-corrected chi connectivity index (χ4v) is 2.46. The summed E-state index contributed by atoms with van der Waals surface area (Å²) in [5.41, 5.74) is 0.442. The second-order valence-corrected chi connectivity index (χ2v) is 5.65. The van der Waals surface area contributed by atoms with Crippen LogP contribution in [0.25, 0.3) is 0 Å². The third-order valence-corrected chi connectivity index (χ3v) is 3.31. The van der Waals surface area contributed by atoms with Crippen molar-refractivity contribution in [3.63, 3.8) is 0 Å². The smallest absolute Gasteiger partial charge is 0.270 e. The Labute approximate surface area is 146 Å². The summed E-state index contributed by atoms with van der Waals surface area (Å²) in [6, 6.07) is 10.0. The van der Waals surface area contributed by atoms with Crippen molar-refractivity contribution in [3.05, 3.63) is 68.2 Å². The molecule has 2 aromatic rings. The van der Waals surface area contributed by atoms with Crippen LogP contribution in [0, 0.1) is 10.1 Å². The lowest BCUT2D eigenvalue weighted by Crippen LogP contribution is -2.34. The molecule has 0 heterocycles. The molecule has 0 atom stereocenters. The average molecular weight is 370 g/mol. The van der Waals surface area contributed by atoms with Crippen LogP contribution in [0.2, 0.25) is 10.0 Å². The lowest BCUT2D eigenvalue weighted by atomic mass is 10.2. The van der Waals surface area contributed by atoms with Gasteiger partial charge in [0, 0.05) is 33.4 Å². The number of anilines is 1. The first-order valence-electron chi connectivity index (χ1n) is 6.18. The number of nitro groups is 1.